The highest BCUT2D eigenvalue weighted by atomic mass is 14.8. The molecule has 0 radical (unpaired) electrons. The van der Waals surface area contributed by atoms with Crippen LogP contribution in [0.4, 0.5) is 0 Å². The lowest BCUT2D eigenvalue weighted by molar-refractivity contribution is 0.434. The number of rotatable bonds is 6. The van der Waals surface area contributed by atoms with Gasteiger partial charge in [-0.1, -0.05) is 6.07 Å². The van der Waals surface area contributed by atoms with Crippen LogP contribution in [0.2, 0.25) is 0 Å². The Balaban J connectivity index is 2.12. The summed E-state index contributed by atoms with van der Waals surface area (Å²) in [6, 6.07) is 6.33. The van der Waals surface area contributed by atoms with Crippen LogP contribution >= 0.6 is 0 Å². The summed E-state index contributed by atoms with van der Waals surface area (Å²) < 4.78 is 0. The first-order valence-electron chi connectivity index (χ1n) is 5.65. The molecule has 16 heavy (non-hydrogen) atoms. The molecule has 3 heteroatoms. The molecule has 1 heterocycles. The number of pyridine rings is 1. The summed E-state index contributed by atoms with van der Waals surface area (Å²) in [5.41, 5.74) is 1.02. The Morgan fingerprint density at radius 2 is 2.25 bits per heavy atom. The molecule has 0 aliphatic rings. The van der Waals surface area contributed by atoms with Gasteiger partial charge in [-0.25, -0.2) is 0 Å². The van der Waals surface area contributed by atoms with Crippen LogP contribution in [0.15, 0.2) is 24.5 Å². The van der Waals surface area contributed by atoms with E-state index in [0.717, 1.165) is 25.9 Å². The SMILES string of the molecule is CC(C)(C#N)CCNCCc1cccnc1. The average Bonchev–Trinajstić information content (AvgIpc) is 2.30. The molecule has 0 bridgehead atoms. The highest BCUT2D eigenvalue weighted by molar-refractivity contribution is 5.08. The van der Waals surface area contributed by atoms with E-state index in [-0.39, 0.29) is 5.41 Å². The van der Waals surface area contributed by atoms with Crippen molar-refractivity contribution in [1.82, 2.24) is 10.3 Å². The van der Waals surface area contributed by atoms with E-state index >= 15 is 0 Å². The Morgan fingerprint density at radius 3 is 2.88 bits per heavy atom. The van der Waals surface area contributed by atoms with Crippen LogP contribution in [0.25, 0.3) is 0 Å². The minimum atomic E-state index is -0.221. The highest BCUT2D eigenvalue weighted by Crippen LogP contribution is 2.16. The van der Waals surface area contributed by atoms with Gasteiger partial charge >= 0.3 is 0 Å². The van der Waals surface area contributed by atoms with Crippen molar-refractivity contribution in [3.05, 3.63) is 30.1 Å². The van der Waals surface area contributed by atoms with E-state index < -0.39 is 0 Å². The first kappa shape index (κ1) is 12.7. The number of nitrogens with one attached hydrogen (secondary N) is 1. The van der Waals surface area contributed by atoms with Gasteiger partial charge in [0.15, 0.2) is 0 Å². The van der Waals surface area contributed by atoms with E-state index in [1.165, 1.54) is 5.56 Å². The van der Waals surface area contributed by atoms with E-state index in [2.05, 4.69) is 22.4 Å². The minimum absolute atomic E-state index is 0.221. The van der Waals surface area contributed by atoms with Gasteiger partial charge in [-0.3, -0.25) is 4.98 Å². The molecule has 0 saturated heterocycles. The second-order valence-electron chi connectivity index (χ2n) is 4.61. The normalized spacial score (nSPS) is 11.1. The molecule has 1 rings (SSSR count). The van der Waals surface area contributed by atoms with Gasteiger partial charge in [0.05, 0.1) is 11.5 Å². The van der Waals surface area contributed by atoms with Crippen molar-refractivity contribution in [2.75, 3.05) is 13.1 Å². The van der Waals surface area contributed by atoms with Crippen molar-refractivity contribution < 1.29 is 0 Å². The molecule has 0 amide bonds. The Kier molecular flexibility index (Phi) is 4.94. The van der Waals surface area contributed by atoms with Gasteiger partial charge in [-0.15, -0.1) is 0 Å². The first-order chi connectivity index (χ1) is 7.64. The lowest BCUT2D eigenvalue weighted by Gasteiger charge is -2.14. The van der Waals surface area contributed by atoms with Crippen LogP contribution < -0.4 is 5.32 Å². The summed E-state index contributed by atoms with van der Waals surface area (Å²) in [4.78, 5) is 4.07. The maximum atomic E-state index is 8.84. The lowest BCUT2D eigenvalue weighted by atomic mass is 9.91. The quantitative estimate of drug-likeness (QED) is 0.743. The number of hydrogen-bond donors (Lipinski definition) is 1. The first-order valence-corrected chi connectivity index (χ1v) is 5.65. The number of aromatic nitrogens is 1. The van der Waals surface area contributed by atoms with Gasteiger partial charge in [0, 0.05) is 12.4 Å². The summed E-state index contributed by atoms with van der Waals surface area (Å²) in [5, 5.41) is 12.2. The van der Waals surface area contributed by atoms with Crippen LogP contribution in [0.5, 0.6) is 0 Å². The zero-order valence-electron chi connectivity index (χ0n) is 10.0. The molecule has 86 valence electrons. The second kappa shape index (κ2) is 6.24. The standard InChI is InChI=1S/C13H19N3/c1-13(2,11-14)6-9-15-8-5-12-4-3-7-16-10-12/h3-4,7,10,15H,5-6,8-9H2,1-2H3. The summed E-state index contributed by atoms with van der Waals surface area (Å²) in [6.45, 7) is 5.76. The largest absolute Gasteiger partial charge is 0.316 e. The van der Waals surface area contributed by atoms with E-state index in [9.17, 15) is 0 Å². The fourth-order valence-electron chi connectivity index (χ4n) is 1.36. The topological polar surface area (TPSA) is 48.7 Å². The molecule has 0 aliphatic carbocycles. The van der Waals surface area contributed by atoms with Gasteiger partial charge in [-0.2, -0.15) is 5.26 Å². The summed E-state index contributed by atoms with van der Waals surface area (Å²) in [6.07, 6.45) is 5.55. The summed E-state index contributed by atoms with van der Waals surface area (Å²) >= 11 is 0. The maximum absolute atomic E-state index is 8.84. The molecule has 0 saturated carbocycles. The Bertz CT molecular complexity index is 338. The summed E-state index contributed by atoms with van der Waals surface area (Å²) in [7, 11) is 0. The Morgan fingerprint density at radius 1 is 1.44 bits per heavy atom. The van der Waals surface area contributed by atoms with Crippen LogP contribution in [0.1, 0.15) is 25.8 Å². The molecule has 3 nitrogen and oxygen atoms in total. The van der Waals surface area contributed by atoms with Crippen molar-refractivity contribution in [2.24, 2.45) is 5.41 Å². The fraction of sp³-hybridized carbons (Fsp3) is 0.538. The molecule has 1 aromatic heterocycles. The maximum Gasteiger partial charge on any atom is 0.0684 e. The van der Waals surface area contributed by atoms with Crippen molar-refractivity contribution >= 4 is 0 Å². The smallest absolute Gasteiger partial charge is 0.0684 e. The van der Waals surface area contributed by atoms with Gasteiger partial charge < -0.3 is 5.32 Å². The Hall–Kier alpha value is -1.40. The molecule has 0 unspecified atom stereocenters. The third kappa shape index (κ3) is 4.90. The van der Waals surface area contributed by atoms with Crippen molar-refractivity contribution in [3.8, 4) is 6.07 Å². The van der Waals surface area contributed by atoms with Gasteiger partial charge in [0.25, 0.3) is 0 Å². The third-order valence-electron chi connectivity index (χ3n) is 2.54. The number of hydrogen-bond acceptors (Lipinski definition) is 3. The molecule has 0 atom stereocenters. The van der Waals surface area contributed by atoms with Gasteiger partial charge in [-0.05, 0) is 51.4 Å². The monoisotopic (exact) mass is 217 g/mol. The van der Waals surface area contributed by atoms with Crippen LogP contribution in [-0.2, 0) is 6.42 Å². The van der Waals surface area contributed by atoms with Crippen molar-refractivity contribution in [2.45, 2.75) is 26.7 Å². The Labute approximate surface area is 97.5 Å². The zero-order chi connectivity index (χ0) is 11.9. The van der Waals surface area contributed by atoms with Gasteiger partial charge in [0.1, 0.15) is 0 Å². The molecule has 0 fully saturated rings. The molecule has 1 aromatic rings. The predicted octanol–water partition coefficient (Wildman–Crippen LogP) is 2.15. The molecule has 1 N–H and O–H groups in total. The zero-order valence-corrected chi connectivity index (χ0v) is 10.0. The predicted molar refractivity (Wildman–Crippen MR) is 64.8 cm³/mol. The molecule has 0 spiro atoms. The molecule has 0 aromatic carbocycles. The number of nitriles is 1. The molecule has 0 aliphatic heterocycles. The minimum Gasteiger partial charge on any atom is -0.316 e. The van der Waals surface area contributed by atoms with Crippen molar-refractivity contribution in [3.63, 3.8) is 0 Å². The molecular weight excluding hydrogens is 198 g/mol. The molecular formula is C13H19N3. The number of nitrogens with zero attached hydrogens (tertiary/aromatic N) is 2. The van der Waals surface area contributed by atoms with Crippen LogP contribution in [-0.4, -0.2) is 18.1 Å². The van der Waals surface area contributed by atoms with Gasteiger partial charge in [0.2, 0.25) is 0 Å². The van der Waals surface area contributed by atoms with E-state index in [1.807, 2.05) is 26.1 Å². The van der Waals surface area contributed by atoms with E-state index in [0.29, 0.717) is 0 Å². The fourth-order valence-corrected chi connectivity index (χ4v) is 1.36. The van der Waals surface area contributed by atoms with Crippen LogP contribution in [0, 0.1) is 16.7 Å². The lowest BCUT2D eigenvalue weighted by Crippen LogP contribution is -2.23. The second-order valence-corrected chi connectivity index (χ2v) is 4.61. The third-order valence-corrected chi connectivity index (χ3v) is 2.54. The van der Waals surface area contributed by atoms with E-state index in [4.69, 9.17) is 5.26 Å². The van der Waals surface area contributed by atoms with Crippen molar-refractivity contribution in [1.29, 1.82) is 5.26 Å². The average molecular weight is 217 g/mol. The summed E-state index contributed by atoms with van der Waals surface area (Å²) in [5.74, 6) is 0. The highest BCUT2D eigenvalue weighted by Gasteiger charge is 2.15. The van der Waals surface area contributed by atoms with E-state index in [1.54, 1.807) is 6.20 Å². The van der Waals surface area contributed by atoms with Crippen LogP contribution in [0.3, 0.4) is 0 Å².